The Bertz CT molecular complexity index is 1110. The quantitative estimate of drug-likeness (QED) is 0.619. The van der Waals surface area contributed by atoms with Crippen LogP contribution in [-0.2, 0) is 11.2 Å². The van der Waals surface area contributed by atoms with Gasteiger partial charge in [0.15, 0.2) is 11.9 Å². The number of aliphatic carboxylic acids is 1. The van der Waals surface area contributed by atoms with E-state index in [1.807, 2.05) is 22.5 Å². The van der Waals surface area contributed by atoms with Crippen molar-refractivity contribution in [2.24, 2.45) is 11.1 Å². The molecule has 4 rings (SSSR count). The first-order valence-corrected chi connectivity index (χ1v) is 11.5. The number of amides is 1. The topological polar surface area (TPSA) is 118 Å². The van der Waals surface area contributed by atoms with Crippen molar-refractivity contribution in [3.05, 3.63) is 46.8 Å². The number of likely N-dealkylation sites (tertiary alicyclic amines) is 1. The van der Waals surface area contributed by atoms with Crippen LogP contribution in [0.2, 0.25) is 0 Å². The van der Waals surface area contributed by atoms with E-state index < -0.39 is 18.0 Å². The third-order valence-corrected chi connectivity index (χ3v) is 6.68. The lowest BCUT2D eigenvalue weighted by molar-refractivity contribution is -0.142. The van der Waals surface area contributed by atoms with Crippen LogP contribution in [0.1, 0.15) is 71.6 Å². The summed E-state index contributed by atoms with van der Waals surface area (Å²) in [5.74, 6) is -1.50. The number of Topliss-reactive ketones (excluding diaryl/α,β-unsaturated/α-hetero) is 1. The van der Waals surface area contributed by atoms with Gasteiger partial charge in [-0.25, -0.2) is 4.79 Å². The van der Waals surface area contributed by atoms with E-state index in [-0.39, 0.29) is 16.8 Å². The van der Waals surface area contributed by atoms with Crippen LogP contribution in [0.4, 0.5) is 5.69 Å². The molecule has 0 spiro atoms. The monoisotopic (exact) mass is 452 g/mol. The van der Waals surface area contributed by atoms with Crippen molar-refractivity contribution in [1.29, 1.82) is 0 Å². The summed E-state index contributed by atoms with van der Waals surface area (Å²) in [6.07, 6.45) is 3.25. The summed E-state index contributed by atoms with van der Waals surface area (Å²) in [7, 11) is 0. The molecule has 1 aromatic heterocycles. The van der Waals surface area contributed by atoms with Gasteiger partial charge in [0.25, 0.3) is 5.91 Å². The van der Waals surface area contributed by atoms with Gasteiger partial charge in [0.2, 0.25) is 0 Å². The summed E-state index contributed by atoms with van der Waals surface area (Å²) in [6.45, 7) is 7.47. The molecule has 8 nitrogen and oxygen atoms in total. The predicted octanol–water partition coefficient (Wildman–Crippen LogP) is 3.35. The number of hydrogen-bond donors (Lipinski definition) is 3. The second-order valence-electron chi connectivity index (χ2n) is 10.00. The Balaban J connectivity index is 1.77. The molecule has 4 N–H and O–H groups in total. The Hall–Kier alpha value is -3.13. The minimum Gasteiger partial charge on any atom is -0.479 e. The van der Waals surface area contributed by atoms with Gasteiger partial charge in [0, 0.05) is 42.1 Å². The molecule has 2 aliphatic rings. The molecule has 1 aliphatic heterocycles. The van der Waals surface area contributed by atoms with Gasteiger partial charge < -0.3 is 20.7 Å². The van der Waals surface area contributed by atoms with Gasteiger partial charge in [-0.2, -0.15) is 0 Å². The molecule has 2 aromatic rings. The standard InChI is InChI=1S/C25H32N4O4/c1-15-11-18-20(13-25(2,3)14-21(18)30)29(15)16-7-8-17(22(26)31)19(12-16)27-23(24(32)33)28-9-5-4-6-10-28/h7-8,11-12,23,27H,4-6,9-10,13-14H2,1-3H3,(H2,26,31)(H,32,33). The fraction of sp³-hybridized carbons (Fsp3) is 0.480. The van der Waals surface area contributed by atoms with E-state index in [2.05, 4.69) is 19.2 Å². The number of carboxylic acid groups (broad SMARTS) is 1. The van der Waals surface area contributed by atoms with Crippen molar-refractivity contribution < 1.29 is 19.5 Å². The number of benzene rings is 1. The molecular weight excluding hydrogens is 420 g/mol. The fourth-order valence-electron chi connectivity index (χ4n) is 5.15. The van der Waals surface area contributed by atoms with Crippen LogP contribution in [0.25, 0.3) is 5.69 Å². The van der Waals surface area contributed by atoms with Crippen LogP contribution in [0.15, 0.2) is 24.3 Å². The molecule has 1 atom stereocenters. The maximum absolute atomic E-state index is 12.7. The number of aryl methyl sites for hydroxylation is 1. The number of nitrogens with one attached hydrogen (secondary N) is 1. The minimum absolute atomic E-state index is 0.131. The second-order valence-corrected chi connectivity index (χ2v) is 10.00. The highest BCUT2D eigenvalue weighted by molar-refractivity contribution is 6.00. The number of rotatable bonds is 6. The van der Waals surface area contributed by atoms with Gasteiger partial charge in [-0.15, -0.1) is 0 Å². The Morgan fingerprint density at radius 3 is 2.45 bits per heavy atom. The summed E-state index contributed by atoms with van der Waals surface area (Å²) in [5, 5.41) is 13.0. The van der Waals surface area contributed by atoms with Crippen LogP contribution in [-0.4, -0.2) is 51.5 Å². The van der Waals surface area contributed by atoms with Crippen molar-refractivity contribution in [3.8, 4) is 5.69 Å². The lowest BCUT2D eigenvalue weighted by Crippen LogP contribution is -2.49. The first kappa shape index (κ1) is 23.0. The number of carboxylic acids is 1. The number of nitrogens with two attached hydrogens (primary N) is 1. The number of anilines is 1. The number of carbonyl (C=O) groups excluding carboxylic acids is 2. The van der Waals surface area contributed by atoms with Gasteiger partial charge in [0.05, 0.1) is 11.3 Å². The zero-order valence-corrected chi connectivity index (χ0v) is 19.5. The number of primary amides is 1. The highest BCUT2D eigenvalue weighted by atomic mass is 16.4. The predicted molar refractivity (Wildman–Crippen MR) is 126 cm³/mol. The van der Waals surface area contributed by atoms with Gasteiger partial charge in [-0.1, -0.05) is 20.3 Å². The lowest BCUT2D eigenvalue weighted by atomic mass is 9.76. The highest BCUT2D eigenvalue weighted by Crippen LogP contribution is 2.38. The minimum atomic E-state index is -1.00. The molecule has 0 saturated carbocycles. The first-order valence-electron chi connectivity index (χ1n) is 11.5. The second kappa shape index (κ2) is 8.67. The Kier molecular flexibility index (Phi) is 6.05. The first-order chi connectivity index (χ1) is 15.6. The zero-order valence-electron chi connectivity index (χ0n) is 19.5. The molecule has 8 heteroatoms. The number of piperidine rings is 1. The molecule has 2 heterocycles. The molecule has 1 saturated heterocycles. The van der Waals surface area contributed by atoms with Gasteiger partial charge in [-0.3, -0.25) is 14.5 Å². The van der Waals surface area contributed by atoms with E-state index >= 15 is 0 Å². The van der Waals surface area contributed by atoms with Crippen molar-refractivity contribution >= 4 is 23.3 Å². The maximum atomic E-state index is 12.7. The smallest absolute Gasteiger partial charge is 0.341 e. The normalized spacial score (nSPS) is 19.1. The molecule has 33 heavy (non-hydrogen) atoms. The Morgan fingerprint density at radius 1 is 1.12 bits per heavy atom. The van der Waals surface area contributed by atoms with Crippen LogP contribution in [0, 0.1) is 12.3 Å². The van der Waals surface area contributed by atoms with Crippen molar-refractivity contribution in [2.75, 3.05) is 18.4 Å². The van der Waals surface area contributed by atoms with E-state index in [1.54, 1.807) is 18.2 Å². The maximum Gasteiger partial charge on any atom is 0.341 e. The van der Waals surface area contributed by atoms with E-state index in [1.165, 1.54) is 0 Å². The van der Waals surface area contributed by atoms with Crippen molar-refractivity contribution in [3.63, 3.8) is 0 Å². The lowest BCUT2D eigenvalue weighted by Gasteiger charge is -2.33. The summed E-state index contributed by atoms with van der Waals surface area (Å²) >= 11 is 0. The molecule has 1 amide bonds. The molecular formula is C25H32N4O4. The van der Waals surface area contributed by atoms with Crippen molar-refractivity contribution in [2.45, 2.75) is 59.0 Å². The molecule has 1 aromatic carbocycles. The zero-order chi connectivity index (χ0) is 23.9. The molecule has 176 valence electrons. The van der Waals surface area contributed by atoms with Crippen LogP contribution in [0.3, 0.4) is 0 Å². The van der Waals surface area contributed by atoms with E-state index in [9.17, 15) is 19.5 Å². The largest absolute Gasteiger partial charge is 0.479 e. The molecule has 1 unspecified atom stereocenters. The number of ketones is 1. The molecule has 1 aliphatic carbocycles. The van der Waals surface area contributed by atoms with E-state index in [0.717, 1.165) is 48.3 Å². The number of carbonyl (C=O) groups is 3. The summed E-state index contributed by atoms with van der Waals surface area (Å²) in [6, 6.07) is 7.09. The Labute approximate surface area is 193 Å². The molecule has 1 fully saturated rings. The fourth-order valence-corrected chi connectivity index (χ4v) is 5.15. The number of hydrogen-bond acceptors (Lipinski definition) is 5. The Morgan fingerprint density at radius 2 is 1.82 bits per heavy atom. The summed E-state index contributed by atoms with van der Waals surface area (Å²) in [5.41, 5.74) is 9.42. The number of nitrogens with zero attached hydrogens (tertiary/aromatic N) is 2. The SMILES string of the molecule is Cc1cc2c(n1-c1ccc(C(N)=O)c(NC(C(=O)O)N3CCCCC3)c1)CC(C)(C)CC2=O. The summed E-state index contributed by atoms with van der Waals surface area (Å²) < 4.78 is 2.03. The van der Waals surface area contributed by atoms with Crippen molar-refractivity contribution in [1.82, 2.24) is 9.47 Å². The highest BCUT2D eigenvalue weighted by Gasteiger charge is 2.34. The third kappa shape index (κ3) is 4.53. The molecule has 0 bridgehead atoms. The van der Waals surface area contributed by atoms with Crippen LogP contribution < -0.4 is 11.1 Å². The molecule has 0 radical (unpaired) electrons. The van der Waals surface area contributed by atoms with Crippen LogP contribution in [0.5, 0.6) is 0 Å². The third-order valence-electron chi connectivity index (χ3n) is 6.68. The average molecular weight is 453 g/mol. The van der Waals surface area contributed by atoms with Gasteiger partial charge in [-0.05, 0) is 55.9 Å². The number of aromatic nitrogens is 1. The van der Waals surface area contributed by atoms with Gasteiger partial charge in [0.1, 0.15) is 0 Å². The van der Waals surface area contributed by atoms with Crippen LogP contribution >= 0.6 is 0 Å². The van der Waals surface area contributed by atoms with E-state index in [4.69, 9.17) is 5.73 Å². The van der Waals surface area contributed by atoms with Gasteiger partial charge >= 0.3 is 5.97 Å². The summed E-state index contributed by atoms with van der Waals surface area (Å²) in [4.78, 5) is 38.9. The number of fused-ring (bicyclic) bond motifs is 1. The van der Waals surface area contributed by atoms with E-state index in [0.29, 0.717) is 25.2 Å². The average Bonchev–Trinajstić information content (AvgIpc) is 3.07.